The molecular weight excluding hydrogens is 228 g/mol. The van der Waals surface area contributed by atoms with E-state index in [0.717, 1.165) is 25.0 Å². The Morgan fingerprint density at radius 2 is 2.11 bits per heavy atom. The molecule has 1 rings (SSSR count). The maximum absolute atomic E-state index is 12.0. The van der Waals surface area contributed by atoms with Crippen LogP contribution in [0, 0.1) is 11.8 Å². The zero-order chi connectivity index (χ0) is 13.7. The Morgan fingerprint density at radius 1 is 1.44 bits per heavy atom. The van der Waals surface area contributed by atoms with Crippen molar-refractivity contribution >= 4 is 17.3 Å². The minimum absolute atomic E-state index is 0.127. The SMILES string of the molecule is CCCC(=O)C1C(=O)CCC1C/C(C)=N/N(C)C. The number of carbonyl (C=O) groups is 2. The van der Waals surface area contributed by atoms with Gasteiger partial charge in [0.1, 0.15) is 11.6 Å². The molecule has 2 unspecified atom stereocenters. The fraction of sp³-hybridized carbons (Fsp3) is 0.786. The smallest absolute Gasteiger partial charge is 0.143 e. The van der Waals surface area contributed by atoms with Gasteiger partial charge in [0, 0.05) is 32.6 Å². The monoisotopic (exact) mass is 252 g/mol. The largest absolute Gasteiger partial charge is 0.303 e. The molecule has 18 heavy (non-hydrogen) atoms. The van der Waals surface area contributed by atoms with Crippen LogP contribution in [0.4, 0.5) is 0 Å². The molecule has 102 valence electrons. The Kier molecular flexibility index (Phi) is 5.51. The third kappa shape index (κ3) is 3.93. The summed E-state index contributed by atoms with van der Waals surface area (Å²) >= 11 is 0. The molecule has 4 nitrogen and oxygen atoms in total. The van der Waals surface area contributed by atoms with Crippen LogP contribution in [0.25, 0.3) is 0 Å². The van der Waals surface area contributed by atoms with E-state index >= 15 is 0 Å². The Balaban J connectivity index is 2.69. The summed E-state index contributed by atoms with van der Waals surface area (Å²) in [5.74, 6) is 0.0660. The van der Waals surface area contributed by atoms with E-state index in [-0.39, 0.29) is 23.4 Å². The van der Waals surface area contributed by atoms with Crippen molar-refractivity contribution in [3.63, 3.8) is 0 Å². The van der Waals surface area contributed by atoms with Crippen LogP contribution in [0.1, 0.15) is 46.0 Å². The number of ketones is 2. The van der Waals surface area contributed by atoms with Crippen molar-refractivity contribution < 1.29 is 9.59 Å². The molecule has 0 saturated heterocycles. The van der Waals surface area contributed by atoms with Gasteiger partial charge in [-0.3, -0.25) is 9.59 Å². The highest BCUT2D eigenvalue weighted by Crippen LogP contribution is 2.33. The van der Waals surface area contributed by atoms with Gasteiger partial charge in [-0.1, -0.05) is 6.92 Å². The normalized spacial score (nSPS) is 24.4. The average Bonchev–Trinajstić information content (AvgIpc) is 2.58. The molecule has 2 atom stereocenters. The minimum Gasteiger partial charge on any atom is -0.303 e. The Hall–Kier alpha value is -1.19. The summed E-state index contributed by atoms with van der Waals surface area (Å²) in [6.45, 7) is 3.94. The number of Topliss-reactive ketones (excluding diaryl/α,β-unsaturated/α-hetero) is 2. The van der Waals surface area contributed by atoms with Gasteiger partial charge in [-0.05, 0) is 32.1 Å². The van der Waals surface area contributed by atoms with Crippen LogP contribution in [0.3, 0.4) is 0 Å². The summed E-state index contributed by atoms with van der Waals surface area (Å²) in [4.78, 5) is 23.8. The van der Waals surface area contributed by atoms with Gasteiger partial charge in [-0.2, -0.15) is 5.10 Å². The Morgan fingerprint density at radius 3 is 2.67 bits per heavy atom. The highest BCUT2D eigenvalue weighted by Gasteiger charge is 2.39. The van der Waals surface area contributed by atoms with E-state index in [1.54, 1.807) is 5.01 Å². The number of nitrogens with zero attached hydrogens (tertiary/aromatic N) is 2. The van der Waals surface area contributed by atoms with Gasteiger partial charge in [-0.25, -0.2) is 0 Å². The molecule has 1 aliphatic rings. The second kappa shape index (κ2) is 6.66. The molecule has 0 aromatic carbocycles. The van der Waals surface area contributed by atoms with Gasteiger partial charge in [0.05, 0.1) is 5.92 Å². The molecule has 1 fully saturated rings. The van der Waals surface area contributed by atoms with Crippen LogP contribution in [0.15, 0.2) is 5.10 Å². The van der Waals surface area contributed by atoms with Crippen molar-refractivity contribution in [2.24, 2.45) is 16.9 Å². The van der Waals surface area contributed by atoms with Gasteiger partial charge in [0.15, 0.2) is 0 Å². The lowest BCUT2D eigenvalue weighted by Crippen LogP contribution is -2.26. The summed E-state index contributed by atoms with van der Waals surface area (Å²) in [6, 6.07) is 0. The summed E-state index contributed by atoms with van der Waals surface area (Å²) in [7, 11) is 3.76. The van der Waals surface area contributed by atoms with E-state index in [1.807, 2.05) is 27.9 Å². The van der Waals surface area contributed by atoms with E-state index in [4.69, 9.17) is 0 Å². The number of hydrogen-bond acceptors (Lipinski definition) is 4. The predicted molar refractivity (Wildman–Crippen MR) is 72.5 cm³/mol. The summed E-state index contributed by atoms with van der Waals surface area (Å²) < 4.78 is 0. The maximum atomic E-state index is 12.0. The van der Waals surface area contributed by atoms with Gasteiger partial charge in [-0.15, -0.1) is 0 Å². The molecule has 0 spiro atoms. The first-order chi connectivity index (χ1) is 8.45. The minimum atomic E-state index is -0.364. The van der Waals surface area contributed by atoms with Crippen LogP contribution in [0.2, 0.25) is 0 Å². The molecule has 4 heteroatoms. The molecule has 0 radical (unpaired) electrons. The van der Waals surface area contributed by atoms with Crippen LogP contribution in [0.5, 0.6) is 0 Å². The quantitative estimate of drug-likeness (QED) is 0.414. The highest BCUT2D eigenvalue weighted by molar-refractivity contribution is 6.04. The Bertz CT molecular complexity index is 348. The fourth-order valence-corrected chi connectivity index (χ4v) is 2.74. The molecule has 0 N–H and O–H groups in total. The first-order valence-corrected chi connectivity index (χ1v) is 6.72. The number of hydrazone groups is 1. The standard InChI is InChI=1S/C14H24N2O2/c1-5-6-12(17)14-11(7-8-13(14)18)9-10(2)15-16(3)4/h11,14H,5-9H2,1-4H3/b15-10+. The van der Waals surface area contributed by atoms with Crippen molar-refractivity contribution in [2.45, 2.75) is 46.0 Å². The van der Waals surface area contributed by atoms with E-state index in [9.17, 15) is 9.59 Å². The summed E-state index contributed by atoms with van der Waals surface area (Å²) in [5.41, 5.74) is 0.994. The van der Waals surface area contributed by atoms with Crippen molar-refractivity contribution in [2.75, 3.05) is 14.1 Å². The second-order valence-electron chi connectivity index (χ2n) is 5.35. The van der Waals surface area contributed by atoms with Crippen molar-refractivity contribution in [1.82, 2.24) is 5.01 Å². The first-order valence-electron chi connectivity index (χ1n) is 6.72. The van der Waals surface area contributed by atoms with Gasteiger partial charge in [0.2, 0.25) is 0 Å². The zero-order valence-corrected chi connectivity index (χ0v) is 11.9. The summed E-state index contributed by atoms with van der Waals surface area (Å²) in [6.07, 6.45) is 3.49. The lowest BCUT2D eigenvalue weighted by molar-refractivity contribution is -0.132. The number of carbonyl (C=O) groups excluding carboxylic acids is 2. The van der Waals surface area contributed by atoms with Gasteiger partial charge < -0.3 is 5.01 Å². The van der Waals surface area contributed by atoms with Crippen LogP contribution in [-0.2, 0) is 9.59 Å². The maximum Gasteiger partial charge on any atom is 0.143 e. The third-order valence-electron chi connectivity index (χ3n) is 3.35. The second-order valence-corrected chi connectivity index (χ2v) is 5.35. The fourth-order valence-electron chi connectivity index (χ4n) is 2.74. The number of rotatable bonds is 6. The van der Waals surface area contributed by atoms with Crippen molar-refractivity contribution in [1.29, 1.82) is 0 Å². The average molecular weight is 252 g/mol. The molecule has 0 bridgehead atoms. The molecule has 0 aliphatic heterocycles. The van der Waals surface area contributed by atoms with Crippen molar-refractivity contribution in [3.8, 4) is 0 Å². The molecule has 1 aliphatic carbocycles. The third-order valence-corrected chi connectivity index (χ3v) is 3.35. The van der Waals surface area contributed by atoms with Gasteiger partial charge in [0.25, 0.3) is 0 Å². The van der Waals surface area contributed by atoms with E-state index < -0.39 is 0 Å². The van der Waals surface area contributed by atoms with E-state index in [1.165, 1.54) is 0 Å². The van der Waals surface area contributed by atoms with Crippen LogP contribution >= 0.6 is 0 Å². The molecule has 0 amide bonds. The molecule has 0 heterocycles. The Labute approximate surface area is 109 Å². The van der Waals surface area contributed by atoms with Crippen LogP contribution < -0.4 is 0 Å². The lowest BCUT2D eigenvalue weighted by Gasteiger charge is -2.17. The lowest BCUT2D eigenvalue weighted by atomic mass is 9.86. The molecule has 0 aromatic heterocycles. The van der Waals surface area contributed by atoms with Crippen molar-refractivity contribution in [3.05, 3.63) is 0 Å². The predicted octanol–water partition coefficient (Wildman–Crippen LogP) is 2.28. The first kappa shape index (κ1) is 14.9. The number of hydrogen-bond donors (Lipinski definition) is 0. The summed E-state index contributed by atoms with van der Waals surface area (Å²) in [5, 5.41) is 6.09. The zero-order valence-electron chi connectivity index (χ0n) is 11.9. The van der Waals surface area contributed by atoms with Crippen LogP contribution in [-0.4, -0.2) is 36.4 Å². The van der Waals surface area contributed by atoms with E-state index in [0.29, 0.717) is 12.8 Å². The molecule has 1 saturated carbocycles. The molecule has 0 aromatic rings. The highest BCUT2D eigenvalue weighted by atomic mass is 16.2. The van der Waals surface area contributed by atoms with Gasteiger partial charge >= 0.3 is 0 Å². The van der Waals surface area contributed by atoms with E-state index in [2.05, 4.69) is 5.10 Å². The topological polar surface area (TPSA) is 49.7 Å². The molecular formula is C14H24N2O2.